The summed E-state index contributed by atoms with van der Waals surface area (Å²) >= 11 is 1.79. The lowest BCUT2D eigenvalue weighted by atomic mass is 10.0. The second-order valence-corrected chi connectivity index (χ2v) is 5.51. The predicted molar refractivity (Wildman–Crippen MR) is 79.5 cm³/mol. The molecule has 1 unspecified atom stereocenters. The van der Waals surface area contributed by atoms with Gasteiger partial charge in [0.1, 0.15) is 5.76 Å². The second kappa shape index (κ2) is 5.97. The minimum absolute atomic E-state index is 0.205. The number of hydrogen-bond acceptors (Lipinski definition) is 4. The summed E-state index contributed by atoms with van der Waals surface area (Å²) in [5, 5.41) is 4.57. The number of amidine groups is 1. The smallest absolute Gasteiger partial charge is 0.157 e. The predicted octanol–water partition coefficient (Wildman–Crippen LogP) is 3.26. The van der Waals surface area contributed by atoms with Gasteiger partial charge in [0.25, 0.3) is 0 Å². The Labute approximate surface area is 117 Å². The lowest BCUT2D eigenvalue weighted by molar-refractivity contribution is 0.478. The Bertz CT molecular complexity index is 537. The van der Waals surface area contributed by atoms with Crippen molar-refractivity contribution in [3.8, 4) is 0 Å². The van der Waals surface area contributed by atoms with Crippen molar-refractivity contribution >= 4 is 16.9 Å². The Morgan fingerprint density at radius 3 is 2.79 bits per heavy atom. The first-order valence-corrected chi connectivity index (χ1v) is 7.41. The number of hydrogen-bond donors (Lipinski definition) is 1. The molecule has 0 amide bonds. The van der Waals surface area contributed by atoms with Gasteiger partial charge in [-0.15, -0.1) is 0 Å². The normalized spacial score (nSPS) is 16.1. The zero-order chi connectivity index (χ0) is 12.9. The highest BCUT2D eigenvalue weighted by Crippen LogP contribution is 2.21. The van der Waals surface area contributed by atoms with Gasteiger partial charge in [-0.3, -0.25) is 4.99 Å². The Kier molecular flexibility index (Phi) is 3.89. The first-order valence-electron chi connectivity index (χ1n) is 6.43. The van der Waals surface area contributed by atoms with E-state index in [0.29, 0.717) is 0 Å². The molecule has 19 heavy (non-hydrogen) atoms. The fourth-order valence-corrected chi connectivity index (χ4v) is 2.92. The molecule has 3 nitrogen and oxygen atoms in total. The average molecular weight is 272 g/mol. The number of nitrogens with one attached hydrogen (secondary N) is 1. The van der Waals surface area contributed by atoms with Crippen molar-refractivity contribution in [1.82, 2.24) is 5.32 Å². The summed E-state index contributed by atoms with van der Waals surface area (Å²) in [6, 6.07) is 14.6. The van der Waals surface area contributed by atoms with Crippen molar-refractivity contribution in [2.45, 2.75) is 12.5 Å². The van der Waals surface area contributed by atoms with Gasteiger partial charge in [-0.05, 0) is 17.7 Å². The van der Waals surface area contributed by atoms with E-state index in [1.165, 1.54) is 5.56 Å². The highest BCUT2D eigenvalue weighted by atomic mass is 32.2. The lowest BCUT2D eigenvalue weighted by Gasteiger charge is -2.18. The maximum Gasteiger partial charge on any atom is 0.157 e. The Hall–Kier alpha value is -1.68. The second-order valence-electron chi connectivity index (χ2n) is 4.43. The quantitative estimate of drug-likeness (QED) is 0.928. The SMILES string of the molecule is c1ccc(C(Cc2ccco2)NC2=NCCS2)cc1. The molecule has 1 atom stereocenters. The highest BCUT2D eigenvalue weighted by Gasteiger charge is 2.17. The molecule has 0 saturated heterocycles. The molecule has 1 aromatic carbocycles. The van der Waals surface area contributed by atoms with Gasteiger partial charge in [-0.2, -0.15) is 0 Å². The van der Waals surface area contributed by atoms with Gasteiger partial charge in [0.05, 0.1) is 18.8 Å². The summed E-state index contributed by atoms with van der Waals surface area (Å²) in [5.41, 5.74) is 1.26. The number of thioether (sulfide) groups is 1. The molecule has 0 saturated carbocycles. The summed E-state index contributed by atoms with van der Waals surface area (Å²) < 4.78 is 5.46. The molecule has 98 valence electrons. The van der Waals surface area contributed by atoms with E-state index in [-0.39, 0.29) is 6.04 Å². The van der Waals surface area contributed by atoms with Gasteiger partial charge in [0, 0.05) is 12.2 Å². The van der Waals surface area contributed by atoms with Crippen molar-refractivity contribution in [1.29, 1.82) is 0 Å². The minimum Gasteiger partial charge on any atom is -0.469 e. The molecule has 1 aliphatic heterocycles. The fourth-order valence-electron chi connectivity index (χ4n) is 2.14. The maximum absolute atomic E-state index is 5.46. The van der Waals surface area contributed by atoms with Gasteiger partial charge in [0.15, 0.2) is 5.17 Å². The van der Waals surface area contributed by atoms with E-state index < -0.39 is 0 Å². The summed E-state index contributed by atoms with van der Waals surface area (Å²) in [5.74, 6) is 2.06. The van der Waals surface area contributed by atoms with Crippen molar-refractivity contribution < 1.29 is 4.42 Å². The van der Waals surface area contributed by atoms with Crippen LogP contribution in [-0.2, 0) is 6.42 Å². The number of nitrogens with zero attached hydrogens (tertiary/aromatic N) is 1. The largest absolute Gasteiger partial charge is 0.469 e. The van der Waals surface area contributed by atoms with Crippen LogP contribution in [0.5, 0.6) is 0 Å². The van der Waals surface area contributed by atoms with Crippen LogP contribution in [0.25, 0.3) is 0 Å². The van der Waals surface area contributed by atoms with Crippen LogP contribution < -0.4 is 5.32 Å². The van der Waals surface area contributed by atoms with Crippen molar-refractivity contribution in [3.05, 3.63) is 60.1 Å². The zero-order valence-electron chi connectivity index (χ0n) is 10.6. The van der Waals surface area contributed by atoms with Gasteiger partial charge >= 0.3 is 0 Å². The van der Waals surface area contributed by atoms with Crippen molar-refractivity contribution in [2.24, 2.45) is 4.99 Å². The third-order valence-electron chi connectivity index (χ3n) is 3.07. The molecule has 4 heteroatoms. The standard InChI is InChI=1S/C15H16N2OS/c1-2-5-12(6-3-1)14(11-13-7-4-9-18-13)17-15-16-8-10-19-15/h1-7,9,14H,8,10-11H2,(H,16,17). The minimum atomic E-state index is 0.205. The molecule has 0 aliphatic carbocycles. The van der Waals surface area contributed by atoms with Crippen LogP contribution >= 0.6 is 11.8 Å². The van der Waals surface area contributed by atoms with E-state index in [1.807, 2.05) is 18.2 Å². The zero-order valence-corrected chi connectivity index (χ0v) is 11.4. The van der Waals surface area contributed by atoms with Crippen molar-refractivity contribution in [2.75, 3.05) is 12.3 Å². The van der Waals surface area contributed by atoms with Crippen molar-refractivity contribution in [3.63, 3.8) is 0 Å². The molecule has 1 aromatic heterocycles. The highest BCUT2D eigenvalue weighted by molar-refractivity contribution is 8.14. The van der Waals surface area contributed by atoms with E-state index >= 15 is 0 Å². The number of rotatable bonds is 4. The van der Waals surface area contributed by atoms with E-state index in [1.54, 1.807) is 18.0 Å². The molecule has 3 rings (SSSR count). The van der Waals surface area contributed by atoms with Gasteiger partial charge in [0.2, 0.25) is 0 Å². The van der Waals surface area contributed by atoms with E-state index in [2.05, 4.69) is 34.6 Å². The van der Waals surface area contributed by atoms with E-state index in [0.717, 1.165) is 29.6 Å². The van der Waals surface area contributed by atoms with E-state index in [4.69, 9.17) is 4.42 Å². The average Bonchev–Trinajstić information content (AvgIpc) is 3.12. The molecule has 0 spiro atoms. The Morgan fingerprint density at radius 1 is 1.21 bits per heavy atom. The monoisotopic (exact) mass is 272 g/mol. The summed E-state index contributed by atoms with van der Waals surface area (Å²) in [6.45, 7) is 0.912. The molecule has 2 aromatic rings. The lowest BCUT2D eigenvalue weighted by Crippen LogP contribution is -2.27. The molecule has 0 radical (unpaired) electrons. The Balaban J connectivity index is 1.78. The van der Waals surface area contributed by atoms with Gasteiger partial charge in [-0.25, -0.2) is 0 Å². The van der Waals surface area contributed by atoms with Crippen LogP contribution in [0.1, 0.15) is 17.4 Å². The molecular weight excluding hydrogens is 256 g/mol. The molecule has 1 N–H and O–H groups in total. The fraction of sp³-hybridized carbons (Fsp3) is 0.267. The number of furan rings is 1. The van der Waals surface area contributed by atoms with E-state index in [9.17, 15) is 0 Å². The van der Waals surface area contributed by atoms with Gasteiger partial charge in [-0.1, -0.05) is 42.1 Å². The molecule has 0 bridgehead atoms. The Morgan fingerprint density at radius 2 is 2.11 bits per heavy atom. The van der Waals surface area contributed by atoms with Crippen LogP contribution in [-0.4, -0.2) is 17.5 Å². The number of aliphatic imine (C=N–C) groups is 1. The first kappa shape index (κ1) is 12.4. The summed E-state index contributed by atoms with van der Waals surface area (Å²) in [7, 11) is 0. The molecular formula is C15H16N2OS. The van der Waals surface area contributed by atoms with Crippen LogP contribution in [0.4, 0.5) is 0 Å². The molecule has 2 heterocycles. The summed E-state index contributed by atoms with van der Waals surface area (Å²) in [4.78, 5) is 4.47. The van der Waals surface area contributed by atoms with Crippen LogP contribution in [0.2, 0.25) is 0 Å². The molecule has 0 fully saturated rings. The van der Waals surface area contributed by atoms with Crippen LogP contribution in [0, 0.1) is 0 Å². The third kappa shape index (κ3) is 3.20. The molecule has 1 aliphatic rings. The maximum atomic E-state index is 5.46. The van der Waals surface area contributed by atoms with Crippen LogP contribution in [0.3, 0.4) is 0 Å². The number of benzene rings is 1. The summed E-state index contributed by atoms with van der Waals surface area (Å²) in [6.07, 6.45) is 2.55. The third-order valence-corrected chi connectivity index (χ3v) is 3.98. The topological polar surface area (TPSA) is 37.5 Å². The van der Waals surface area contributed by atoms with Crippen LogP contribution in [0.15, 0.2) is 58.1 Å². The first-order chi connectivity index (χ1) is 9.42. The van der Waals surface area contributed by atoms with Gasteiger partial charge < -0.3 is 9.73 Å².